The molecule has 2 N–H and O–H groups in total. The van der Waals surface area contributed by atoms with Gasteiger partial charge in [0.2, 0.25) is 5.91 Å². The summed E-state index contributed by atoms with van der Waals surface area (Å²) >= 11 is 6.22. The van der Waals surface area contributed by atoms with Gasteiger partial charge in [0.1, 0.15) is 0 Å². The van der Waals surface area contributed by atoms with Crippen LogP contribution in [0.25, 0.3) is 0 Å². The van der Waals surface area contributed by atoms with Crippen molar-refractivity contribution in [1.82, 2.24) is 0 Å². The normalized spacial score (nSPS) is 10.3. The number of hydrogen-bond donors (Lipinski definition) is 2. The monoisotopic (exact) mass is 414 g/mol. The van der Waals surface area contributed by atoms with Gasteiger partial charge in [-0.05, 0) is 48.0 Å². The van der Waals surface area contributed by atoms with Gasteiger partial charge in [0.25, 0.3) is 5.91 Å². The van der Waals surface area contributed by atoms with Crippen molar-refractivity contribution >= 4 is 34.8 Å². The second-order valence-corrected chi connectivity index (χ2v) is 6.45. The molecule has 0 aliphatic carbocycles. The molecule has 0 radical (unpaired) electrons. The molecule has 2 amide bonds. The lowest BCUT2D eigenvalue weighted by atomic mass is 10.1. The summed E-state index contributed by atoms with van der Waals surface area (Å²) in [5.41, 5.74) is 1.69. The Kier molecular flexibility index (Phi) is 6.41. The molecule has 1 heterocycles. The van der Waals surface area contributed by atoms with Gasteiger partial charge < -0.3 is 24.5 Å². The van der Waals surface area contributed by atoms with E-state index in [4.69, 9.17) is 25.5 Å². The number of furan rings is 1. The minimum Gasteiger partial charge on any atom is -0.493 e. The first kappa shape index (κ1) is 20.3. The van der Waals surface area contributed by atoms with Crippen LogP contribution < -0.4 is 20.1 Å². The maximum Gasteiger partial charge on any atom is 0.291 e. The third-order valence-corrected chi connectivity index (χ3v) is 4.37. The zero-order valence-corrected chi connectivity index (χ0v) is 16.6. The largest absolute Gasteiger partial charge is 0.493 e. The van der Waals surface area contributed by atoms with Crippen LogP contribution in [0.5, 0.6) is 11.5 Å². The Morgan fingerprint density at radius 3 is 2.45 bits per heavy atom. The molecule has 0 unspecified atom stereocenters. The number of carbonyl (C=O) groups is 2. The molecule has 7 nitrogen and oxygen atoms in total. The molecule has 8 heteroatoms. The Morgan fingerprint density at radius 2 is 1.79 bits per heavy atom. The summed E-state index contributed by atoms with van der Waals surface area (Å²) in [6.45, 7) is 0. The van der Waals surface area contributed by atoms with Gasteiger partial charge in [0.15, 0.2) is 17.3 Å². The van der Waals surface area contributed by atoms with E-state index < -0.39 is 5.91 Å². The van der Waals surface area contributed by atoms with Gasteiger partial charge >= 0.3 is 0 Å². The Hall–Kier alpha value is -3.45. The summed E-state index contributed by atoms with van der Waals surface area (Å²) in [6.07, 6.45) is 1.56. The molecule has 3 rings (SSSR count). The van der Waals surface area contributed by atoms with E-state index >= 15 is 0 Å². The van der Waals surface area contributed by atoms with Crippen LogP contribution in [0.1, 0.15) is 16.1 Å². The molecule has 0 aliphatic rings. The molecule has 3 aromatic rings. The highest BCUT2D eigenvalue weighted by Gasteiger charge is 2.13. The first-order chi connectivity index (χ1) is 14.0. The quantitative estimate of drug-likeness (QED) is 0.598. The highest BCUT2D eigenvalue weighted by atomic mass is 35.5. The molecule has 0 saturated carbocycles. The zero-order valence-electron chi connectivity index (χ0n) is 15.8. The van der Waals surface area contributed by atoms with Gasteiger partial charge in [-0.25, -0.2) is 0 Å². The van der Waals surface area contributed by atoms with Crippen LogP contribution in [0, 0.1) is 0 Å². The summed E-state index contributed by atoms with van der Waals surface area (Å²) in [6, 6.07) is 13.3. The van der Waals surface area contributed by atoms with Crippen LogP contribution in [-0.2, 0) is 11.2 Å². The van der Waals surface area contributed by atoms with Gasteiger partial charge in [-0.2, -0.15) is 0 Å². The van der Waals surface area contributed by atoms with Gasteiger partial charge in [0.05, 0.1) is 37.6 Å². The Bertz CT molecular complexity index is 1020. The van der Waals surface area contributed by atoms with E-state index in [-0.39, 0.29) is 23.1 Å². The molecular weight excluding hydrogens is 396 g/mol. The van der Waals surface area contributed by atoms with E-state index in [9.17, 15) is 9.59 Å². The highest BCUT2D eigenvalue weighted by molar-refractivity contribution is 6.34. The lowest BCUT2D eigenvalue weighted by molar-refractivity contribution is -0.115. The highest BCUT2D eigenvalue weighted by Crippen LogP contribution is 2.28. The lowest BCUT2D eigenvalue weighted by Crippen LogP contribution is -2.15. The van der Waals surface area contributed by atoms with E-state index in [2.05, 4.69) is 10.6 Å². The second kappa shape index (κ2) is 9.16. The number of halogens is 1. The standard InChI is InChI=1S/C21H19ClN2O5/c1-27-17-8-5-13(10-19(17)28-2)11-20(25)23-14-6-7-16(15(22)12-14)24-21(26)18-4-3-9-29-18/h3-10,12H,11H2,1-2H3,(H,23,25)(H,24,26). The minimum absolute atomic E-state index is 0.148. The van der Waals surface area contributed by atoms with Crippen molar-refractivity contribution in [3.8, 4) is 11.5 Å². The molecule has 0 fully saturated rings. The predicted molar refractivity (Wildman–Crippen MR) is 110 cm³/mol. The maximum absolute atomic E-state index is 12.4. The van der Waals surface area contributed by atoms with Crippen molar-refractivity contribution in [3.05, 3.63) is 71.1 Å². The lowest BCUT2D eigenvalue weighted by Gasteiger charge is -2.11. The maximum atomic E-state index is 12.4. The second-order valence-electron chi connectivity index (χ2n) is 6.04. The number of carbonyl (C=O) groups excluding carboxylic acids is 2. The fraction of sp³-hybridized carbons (Fsp3) is 0.143. The van der Waals surface area contributed by atoms with Gasteiger partial charge in [-0.15, -0.1) is 0 Å². The number of rotatable bonds is 7. The first-order valence-electron chi connectivity index (χ1n) is 8.65. The fourth-order valence-corrected chi connectivity index (χ4v) is 2.89. The Balaban J connectivity index is 1.63. The average molecular weight is 415 g/mol. The molecule has 0 aliphatic heterocycles. The molecule has 0 spiro atoms. The summed E-state index contributed by atoms with van der Waals surface area (Å²) in [5, 5.41) is 5.72. The van der Waals surface area contributed by atoms with Gasteiger partial charge in [-0.1, -0.05) is 17.7 Å². The van der Waals surface area contributed by atoms with Crippen LogP contribution >= 0.6 is 11.6 Å². The third-order valence-electron chi connectivity index (χ3n) is 4.06. The SMILES string of the molecule is COc1ccc(CC(=O)Nc2ccc(NC(=O)c3ccco3)c(Cl)c2)cc1OC. The van der Waals surface area contributed by atoms with E-state index in [1.54, 1.807) is 55.6 Å². The molecule has 0 atom stereocenters. The third kappa shape index (κ3) is 5.08. The zero-order chi connectivity index (χ0) is 20.8. The minimum atomic E-state index is -0.415. The molecule has 1 aromatic heterocycles. The van der Waals surface area contributed by atoms with E-state index in [1.807, 2.05) is 0 Å². The average Bonchev–Trinajstić information content (AvgIpc) is 3.25. The van der Waals surface area contributed by atoms with Crippen LogP contribution in [-0.4, -0.2) is 26.0 Å². The summed E-state index contributed by atoms with van der Waals surface area (Å²) in [7, 11) is 3.09. The van der Waals surface area contributed by atoms with Crippen LogP contribution in [0.4, 0.5) is 11.4 Å². The van der Waals surface area contributed by atoms with Gasteiger partial charge in [-0.3, -0.25) is 9.59 Å². The van der Waals surface area contributed by atoms with Crippen molar-refractivity contribution in [2.24, 2.45) is 0 Å². The summed E-state index contributed by atoms with van der Waals surface area (Å²) in [4.78, 5) is 24.4. The van der Waals surface area contributed by atoms with E-state index in [0.717, 1.165) is 5.56 Å². The van der Waals surface area contributed by atoms with Crippen LogP contribution in [0.15, 0.2) is 59.2 Å². The Labute approximate surface area is 172 Å². The van der Waals surface area contributed by atoms with Crippen molar-refractivity contribution in [2.45, 2.75) is 6.42 Å². The predicted octanol–water partition coefficient (Wildman–Crippen LogP) is 4.38. The van der Waals surface area contributed by atoms with Crippen LogP contribution in [0.3, 0.4) is 0 Å². The summed E-state index contributed by atoms with van der Waals surface area (Å²) < 4.78 is 15.5. The van der Waals surface area contributed by atoms with Crippen molar-refractivity contribution < 1.29 is 23.5 Å². The molecule has 150 valence electrons. The number of methoxy groups -OCH3 is 2. The number of amides is 2. The van der Waals surface area contributed by atoms with Crippen molar-refractivity contribution in [1.29, 1.82) is 0 Å². The van der Waals surface area contributed by atoms with Crippen molar-refractivity contribution in [2.75, 3.05) is 24.9 Å². The molecule has 0 saturated heterocycles. The summed E-state index contributed by atoms with van der Waals surface area (Å²) in [5.74, 6) is 0.685. The molecule has 29 heavy (non-hydrogen) atoms. The topological polar surface area (TPSA) is 89.8 Å². The number of nitrogens with one attached hydrogen (secondary N) is 2. The van der Waals surface area contributed by atoms with Gasteiger partial charge in [0, 0.05) is 5.69 Å². The van der Waals surface area contributed by atoms with E-state index in [1.165, 1.54) is 13.4 Å². The van der Waals surface area contributed by atoms with E-state index in [0.29, 0.717) is 22.9 Å². The smallest absolute Gasteiger partial charge is 0.291 e. The number of benzene rings is 2. The molecule has 0 bridgehead atoms. The Morgan fingerprint density at radius 1 is 1.00 bits per heavy atom. The first-order valence-corrected chi connectivity index (χ1v) is 9.03. The number of hydrogen-bond acceptors (Lipinski definition) is 5. The fourth-order valence-electron chi connectivity index (χ4n) is 2.67. The molecular formula is C21H19ClN2O5. The van der Waals surface area contributed by atoms with Crippen LogP contribution in [0.2, 0.25) is 5.02 Å². The van der Waals surface area contributed by atoms with Crippen molar-refractivity contribution in [3.63, 3.8) is 0 Å². The molecule has 2 aromatic carbocycles. The number of anilines is 2. The number of ether oxygens (including phenoxy) is 2.